The number of fused-ring (bicyclic) bond motifs is 1. The monoisotopic (exact) mass is 280 g/mol. The minimum absolute atomic E-state index is 0.360. The van der Waals surface area contributed by atoms with E-state index in [2.05, 4.69) is 15.2 Å². The molecule has 0 amide bonds. The zero-order valence-corrected chi connectivity index (χ0v) is 12.0. The van der Waals surface area contributed by atoms with Gasteiger partial charge in [0.15, 0.2) is 0 Å². The quantitative estimate of drug-likeness (QED) is 0.798. The molecule has 0 bridgehead atoms. The van der Waals surface area contributed by atoms with Crippen molar-refractivity contribution in [2.75, 3.05) is 0 Å². The number of nitrogens with zero attached hydrogens (tertiary/aromatic N) is 3. The van der Waals surface area contributed by atoms with Crippen LogP contribution in [0.4, 0.5) is 0 Å². The molecule has 0 saturated carbocycles. The molecule has 0 radical (unpaired) electrons. The number of hydrogen-bond donors (Lipinski definition) is 1. The van der Waals surface area contributed by atoms with Crippen LogP contribution in [0.5, 0.6) is 11.6 Å². The molecule has 1 aromatic carbocycles. The second-order valence-electron chi connectivity index (χ2n) is 4.86. The second kappa shape index (κ2) is 5.46. The number of nitrogens with two attached hydrogens (primary N) is 1. The molecule has 3 aromatic rings. The van der Waals surface area contributed by atoms with Crippen LogP contribution in [0, 0.1) is 13.8 Å². The molecule has 0 saturated heterocycles. The van der Waals surface area contributed by atoms with Crippen molar-refractivity contribution < 1.29 is 4.74 Å². The maximum atomic E-state index is 5.83. The van der Waals surface area contributed by atoms with Crippen molar-refractivity contribution >= 4 is 10.9 Å². The highest BCUT2D eigenvalue weighted by Gasteiger charge is 2.12. The molecule has 5 heteroatoms. The number of ether oxygens (including phenoxy) is 1. The lowest BCUT2D eigenvalue weighted by molar-refractivity contribution is 0.445. The number of aromatic nitrogens is 3. The van der Waals surface area contributed by atoms with Gasteiger partial charge in [0.05, 0.1) is 17.4 Å². The maximum Gasteiger partial charge on any atom is 0.243 e. The molecule has 106 valence electrons. The Labute approximate surface area is 122 Å². The van der Waals surface area contributed by atoms with Gasteiger partial charge in [0.25, 0.3) is 0 Å². The number of para-hydroxylation sites is 1. The first kappa shape index (κ1) is 13.5. The van der Waals surface area contributed by atoms with Crippen LogP contribution in [0.25, 0.3) is 10.9 Å². The van der Waals surface area contributed by atoms with Crippen LogP contribution in [-0.4, -0.2) is 15.2 Å². The number of hydrogen-bond acceptors (Lipinski definition) is 5. The van der Waals surface area contributed by atoms with E-state index < -0.39 is 0 Å². The van der Waals surface area contributed by atoms with Gasteiger partial charge in [-0.05, 0) is 31.5 Å². The fourth-order valence-corrected chi connectivity index (χ4v) is 2.18. The highest BCUT2D eigenvalue weighted by Crippen LogP contribution is 2.27. The standard InChI is InChI=1S/C16H16N4O/c1-10-11(2)19-20-16(14(10)8-17)21-13-7-12-5-3-4-6-15(12)18-9-13/h3-7,9H,8,17H2,1-2H3. The third-order valence-corrected chi connectivity index (χ3v) is 3.53. The summed E-state index contributed by atoms with van der Waals surface area (Å²) in [4.78, 5) is 4.37. The van der Waals surface area contributed by atoms with E-state index >= 15 is 0 Å². The summed E-state index contributed by atoms with van der Waals surface area (Å²) < 4.78 is 5.83. The zero-order valence-electron chi connectivity index (χ0n) is 12.0. The van der Waals surface area contributed by atoms with Gasteiger partial charge in [-0.15, -0.1) is 5.10 Å². The lowest BCUT2D eigenvalue weighted by atomic mass is 10.1. The van der Waals surface area contributed by atoms with Crippen LogP contribution >= 0.6 is 0 Å². The Hall–Kier alpha value is -2.53. The summed E-state index contributed by atoms with van der Waals surface area (Å²) in [6.45, 7) is 4.24. The summed E-state index contributed by atoms with van der Waals surface area (Å²) in [6, 6.07) is 9.80. The van der Waals surface area contributed by atoms with Gasteiger partial charge in [-0.2, -0.15) is 5.10 Å². The van der Waals surface area contributed by atoms with E-state index in [-0.39, 0.29) is 0 Å². The Balaban J connectivity index is 2.00. The number of aryl methyl sites for hydroxylation is 1. The summed E-state index contributed by atoms with van der Waals surface area (Å²) in [7, 11) is 0. The molecule has 21 heavy (non-hydrogen) atoms. The molecular weight excluding hydrogens is 264 g/mol. The molecule has 0 aliphatic carbocycles. The maximum absolute atomic E-state index is 5.83. The van der Waals surface area contributed by atoms with Crippen LogP contribution in [0.15, 0.2) is 36.5 Å². The molecule has 2 N–H and O–H groups in total. The average molecular weight is 280 g/mol. The van der Waals surface area contributed by atoms with E-state index in [0.29, 0.717) is 18.2 Å². The van der Waals surface area contributed by atoms with Crippen LogP contribution in [0.2, 0.25) is 0 Å². The smallest absolute Gasteiger partial charge is 0.243 e. The van der Waals surface area contributed by atoms with Crippen molar-refractivity contribution in [2.45, 2.75) is 20.4 Å². The first-order chi connectivity index (χ1) is 10.2. The fraction of sp³-hybridized carbons (Fsp3) is 0.188. The van der Waals surface area contributed by atoms with E-state index in [9.17, 15) is 0 Å². The Kier molecular flexibility index (Phi) is 3.50. The molecule has 2 aromatic heterocycles. The number of benzene rings is 1. The second-order valence-corrected chi connectivity index (χ2v) is 4.86. The lowest BCUT2D eigenvalue weighted by Gasteiger charge is -2.12. The third-order valence-electron chi connectivity index (χ3n) is 3.53. The van der Waals surface area contributed by atoms with Crippen LogP contribution < -0.4 is 10.5 Å². The minimum Gasteiger partial charge on any atom is -0.436 e. The summed E-state index contributed by atoms with van der Waals surface area (Å²) in [5.41, 5.74) is 9.47. The van der Waals surface area contributed by atoms with Crippen molar-refractivity contribution in [1.82, 2.24) is 15.2 Å². The molecule has 5 nitrogen and oxygen atoms in total. The van der Waals surface area contributed by atoms with Gasteiger partial charge in [0, 0.05) is 17.5 Å². The molecule has 0 fully saturated rings. The molecule has 0 spiro atoms. The molecule has 2 heterocycles. The normalized spacial score (nSPS) is 10.8. The predicted molar refractivity (Wildman–Crippen MR) is 81.2 cm³/mol. The van der Waals surface area contributed by atoms with Crippen molar-refractivity contribution in [2.24, 2.45) is 5.73 Å². The molecule has 0 aliphatic heterocycles. The van der Waals surface area contributed by atoms with Crippen LogP contribution in [0.1, 0.15) is 16.8 Å². The molecule has 0 aliphatic rings. The zero-order chi connectivity index (χ0) is 14.8. The van der Waals surface area contributed by atoms with Gasteiger partial charge in [-0.1, -0.05) is 18.2 Å². The summed E-state index contributed by atoms with van der Waals surface area (Å²) >= 11 is 0. The SMILES string of the molecule is Cc1nnc(Oc2cnc3ccccc3c2)c(CN)c1C. The van der Waals surface area contributed by atoms with Gasteiger partial charge < -0.3 is 10.5 Å². The van der Waals surface area contributed by atoms with E-state index in [4.69, 9.17) is 10.5 Å². The Bertz CT molecular complexity index is 801. The van der Waals surface area contributed by atoms with Crippen molar-refractivity contribution in [1.29, 1.82) is 0 Å². The predicted octanol–water partition coefficient (Wildman–Crippen LogP) is 2.89. The summed E-state index contributed by atoms with van der Waals surface area (Å²) in [6.07, 6.45) is 1.68. The van der Waals surface area contributed by atoms with E-state index in [0.717, 1.165) is 27.7 Å². The molecule has 0 atom stereocenters. The van der Waals surface area contributed by atoms with Gasteiger partial charge in [-0.3, -0.25) is 4.98 Å². The third kappa shape index (κ3) is 2.55. The van der Waals surface area contributed by atoms with Gasteiger partial charge in [0.1, 0.15) is 5.75 Å². The van der Waals surface area contributed by atoms with Crippen molar-refractivity contribution in [3.63, 3.8) is 0 Å². The summed E-state index contributed by atoms with van der Waals surface area (Å²) in [5, 5.41) is 9.21. The van der Waals surface area contributed by atoms with Crippen LogP contribution in [-0.2, 0) is 6.54 Å². The highest BCUT2D eigenvalue weighted by molar-refractivity contribution is 5.79. The Morgan fingerprint density at radius 3 is 2.76 bits per heavy atom. The van der Waals surface area contributed by atoms with Crippen LogP contribution in [0.3, 0.4) is 0 Å². The van der Waals surface area contributed by atoms with Gasteiger partial charge in [0.2, 0.25) is 5.88 Å². The average Bonchev–Trinajstić information content (AvgIpc) is 2.51. The Morgan fingerprint density at radius 2 is 1.95 bits per heavy atom. The van der Waals surface area contributed by atoms with E-state index in [1.54, 1.807) is 6.20 Å². The van der Waals surface area contributed by atoms with Crippen molar-refractivity contribution in [3.05, 3.63) is 53.3 Å². The highest BCUT2D eigenvalue weighted by atomic mass is 16.5. The first-order valence-corrected chi connectivity index (χ1v) is 6.74. The largest absolute Gasteiger partial charge is 0.436 e. The first-order valence-electron chi connectivity index (χ1n) is 6.74. The molecule has 3 rings (SSSR count). The number of pyridine rings is 1. The lowest BCUT2D eigenvalue weighted by Crippen LogP contribution is -2.07. The van der Waals surface area contributed by atoms with E-state index in [1.165, 1.54) is 0 Å². The number of rotatable bonds is 3. The van der Waals surface area contributed by atoms with Gasteiger partial charge >= 0.3 is 0 Å². The van der Waals surface area contributed by atoms with Gasteiger partial charge in [-0.25, -0.2) is 0 Å². The fourth-order valence-electron chi connectivity index (χ4n) is 2.18. The molecular formula is C16H16N4O. The minimum atomic E-state index is 0.360. The van der Waals surface area contributed by atoms with E-state index in [1.807, 2.05) is 44.2 Å². The van der Waals surface area contributed by atoms with Crippen molar-refractivity contribution in [3.8, 4) is 11.6 Å². The topological polar surface area (TPSA) is 73.9 Å². The Morgan fingerprint density at radius 1 is 1.14 bits per heavy atom. The molecule has 0 unspecified atom stereocenters. The summed E-state index contributed by atoms with van der Waals surface area (Å²) in [5.74, 6) is 1.07.